The van der Waals surface area contributed by atoms with E-state index in [1.807, 2.05) is 48.5 Å². The Bertz CT molecular complexity index is 1070. The van der Waals surface area contributed by atoms with Crippen molar-refractivity contribution < 1.29 is 28.7 Å². The van der Waals surface area contributed by atoms with Crippen LogP contribution < -0.4 is 10.2 Å². The van der Waals surface area contributed by atoms with Crippen LogP contribution in [0, 0.1) is 11.8 Å². The summed E-state index contributed by atoms with van der Waals surface area (Å²) >= 11 is 0. The topological polar surface area (TPSA) is 104 Å². The maximum atomic E-state index is 13.4. The number of hydrogen-bond acceptors (Lipinski definition) is 4. The minimum absolute atomic E-state index is 0.135. The molecule has 0 saturated heterocycles. The highest BCUT2D eigenvalue weighted by Gasteiger charge is 2.33. The number of fused-ring (bicyclic) bond motifs is 3. The average Bonchev–Trinajstić information content (AvgIpc) is 2.80. The van der Waals surface area contributed by atoms with Crippen molar-refractivity contribution in [3.8, 4) is 11.1 Å². The second-order valence-electron chi connectivity index (χ2n) is 8.47. The number of rotatable bonds is 9. The highest BCUT2D eigenvalue weighted by Crippen LogP contribution is 2.39. The molecule has 0 aromatic heterocycles. The standard InChI is InChI=1S/C25H27FN2O5/c1-15(2)19(25(33)27-20(12-24(31)32)22(29)13-26)11-23(30)28-14-16-7-3-4-8-17(16)18-9-5-6-10-21(18)28/h3-10,15,19-20H,11-14H2,1-2H3,(H,27,33)(H,31,32)/t19-,20?/m0/s1. The predicted octanol–water partition coefficient (Wildman–Crippen LogP) is 3.36. The molecule has 3 rings (SSSR count). The number of benzene rings is 2. The van der Waals surface area contributed by atoms with Crippen LogP contribution in [0.4, 0.5) is 10.1 Å². The molecule has 1 aliphatic heterocycles. The van der Waals surface area contributed by atoms with Crippen molar-refractivity contribution in [2.75, 3.05) is 11.6 Å². The molecular weight excluding hydrogens is 427 g/mol. The third-order valence-corrected chi connectivity index (χ3v) is 5.88. The summed E-state index contributed by atoms with van der Waals surface area (Å²) in [5.41, 5.74) is 3.72. The molecule has 1 unspecified atom stereocenters. The fraction of sp³-hybridized carbons (Fsp3) is 0.360. The maximum Gasteiger partial charge on any atom is 0.305 e. The number of nitrogens with zero attached hydrogens (tertiary/aromatic N) is 1. The molecule has 2 N–H and O–H groups in total. The van der Waals surface area contributed by atoms with E-state index in [1.165, 1.54) is 0 Å². The molecule has 33 heavy (non-hydrogen) atoms. The number of carbonyl (C=O) groups excluding carboxylic acids is 3. The summed E-state index contributed by atoms with van der Waals surface area (Å²) in [5.74, 6) is -4.34. The fourth-order valence-electron chi connectivity index (χ4n) is 4.06. The van der Waals surface area contributed by atoms with Crippen molar-refractivity contribution in [2.45, 2.75) is 39.3 Å². The number of Topliss-reactive ketones (excluding diaryl/α,β-unsaturated/α-hetero) is 1. The molecule has 1 heterocycles. The number of halogens is 1. The monoisotopic (exact) mass is 454 g/mol. The Morgan fingerprint density at radius 3 is 2.27 bits per heavy atom. The molecule has 0 aliphatic carbocycles. The summed E-state index contributed by atoms with van der Waals surface area (Å²) in [6, 6.07) is 13.9. The highest BCUT2D eigenvalue weighted by molar-refractivity contribution is 6.02. The first kappa shape index (κ1) is 24.1. The molecule has 8 heteroatoms. The number of carbonyl (C=O) groups is 4. The molecule has 2 aromatic carbocycles. The van der Waals surface area contributed by atoms with Gasteiger partial charge in [0.25, 0.3) is 0 Å². The highest BCUT2D eigenvalue weighted by atomic mass is 19.1. The molecule has 174 valence electrons. The van der Waals surface area contributed by atoms with Gasteiger partial charge in [0, 0.05) is 17.9 Å². The maximum absolute atomic E-state index is 13.4. The molecule has 0 fully saturated rings. The summed E-state index contributed by atoms with van der Waals surface area (Å²) in [6.45, 7) is 2.51. The van der Waals surface area contributed by atoms with Gasteiger partial charge in [0.15, 0.2) is 5.78 Å². The Labute approximate surface area is 191 Å². The normalized spacial score (nSPS) is 14.1. The zero-order valence-electron chi connectivity index (χ0n) is 18.6. The first-order valence-corrected chi connectivity index (χ1v) is 10.8. The molecule has 2 atom stereocenters. The second-order valence-corrected chi connectivity index (χ2v) is 8.47. The average molecular weight is 454 g/mol. The molecule has 2 amide bonds. The Morgan fingerprint density at radius 1 is 1.00 bits per heavy atom. The number of aliphatic carboxylic acids is 1. The van der Waals surface area contributed by atoms with Crippen LogP contribution in [0.3, 0.4) is 0 Å². The van der Waals surface area contributed by atoms with E-state index < -0.39 is 42.7 Å². The third-order valence-electron chi connectivity index (χ3n) is 5.88. The smallest absolute Gasteiger partial charge is 0.305 e. The number of hydrogen-bond donors (Lipinski definition) is 2. The number of nitrogens with one attached hydrogen (secondary N) is 1. The van der Waals surface area contributed by atoms with Gasteiger partial charge in [-0.25, -0.2) is 4.39 Å². The zero-order chi connectivity index (χ0) is 24.1. The van der Waals surface area contributed by atoms with E-state index >= 15 is 0 Å². The van der Waals surface area contributed by atoms with Gasteiger partial charge < -0.3 is 15.3 Å². The van der Waals surface area contributed by atoms with Crippen LogP contribution in [0.15, 0.2) is 48.5 Å². The van der Waals surface area contributed by atoms with Crippen molar-refractivity contribution in [1.82, 2.24) is 5.32 Å². The molecule has 0 saturated carbocycles. The SMILES string of the molecule is CC(C)[C@H](CC(=O)N1Cc2ccccc2-c2ccccc21)C(=O)NC(CC(=O)O)C(=O)CF. The Kier molecular flexibility index (Phi) is 7.58. The van der Waals surface area contributed by atoms with Crippen LogP contribution in [0.1, 0.15) is 32.3 Å². The molecule has 7 nitrogen and oxygen atoms in total. The van der Waals surface area contributed by atoms with E-state index in [2.05, 4.69) is 5.32 Å². The van der Waals surface area contributed by atoms with Crippen LogP contribution in [0.5, 0.6) is 0 Å². The summed E-state index contributed by atoms with van der Waals surface area (Å²) in [4.78, 5) is 50.7. The van der Waals surface area contributed by atoms with E-state index in [9.17, 15) is 23.6 Å². The van der Waals surface area contributed by atoms with Crippen molar-refractivity contribution in [1.29, 1.82) is 0 Å². The molecule has 0 bridgehead atoms. The minimum atomic E-state index is -1.47. The lowest BCUT2D eigenvalue weighted by Gasteiger charge is -2.33. The Balaban J connectivity index is 1.81. The lowest BCUT2D eigenvalue weighted by atomic mass is 9.89. The summed E-state index contributed by atoms with van der Waals surface area (Å²) in [6.07, 6.45) is -0.854. The number of anilines is 1. The van der Waals surface area contributed by atoms with Crippen molar-refractivity contribution >= 4 is 29.3 Å². The van der Waals surface area contributed by atoms with Crippen LogP contribution >= 0.6 is 0 Å². The summed E-state index contributed by atoms with van der Waals surface area (Å²) in [7, 11) is 0. The largest absolute Gasteiger partial charge is 0.481 e. The number of alkyl halides is 1. The van der Waals surface area contributed by atoms with Gasteiger partial charge in [0.05, 0.1) is 18.7 Å². The molecule has 1 aliphatic rings. The second kappa shape index (κ2) is 10.4. The first-order chi connectivity index (χ1) is 15.7. The molecule has 0 spiro atoms. The number of ketones is 1. The molecule has 2 aromatic rings. The van der Waals surface area contributed by atoms with Gasteiger partial charge in [-0.1, -0.05) is 56.3 Å². The van der Waals surface area contributed by atoms with Crippen LogP contribution in [-0.4, -0.2) is 41.4 Å². The van der Waals surface area contributed by atoms with Crippen LogP contribution in [0.25, 0.3) is 11.1 Å². The third kappa shape index (κ3) is 5.45. The first-order valence-electron chi connectivity index (χ1n) is 10.8. The number of carboxylic acid groups (broad SMARTS) is 1. The Morgan fingerprint density at radius 2 is 1.64 bits per heavy atom. The lowest BCUT2D eigenvalue weighted by molar-refractivity contribution is -0.141. The van der Waals surface area contributed by atoms with E-state index in [-0.39, 0.29) is 18.2 Å². The van der Waals surface area contributed by atoms with Gasteiger partial charge in [-0.15, -0.1) is 0 Å². The minimum Gasteiger partial charge on any atom is -0.481 e. The van der Waals surface area contributed by atoms with Crippen molar-refractivity contribution in [3.63, 3.8) is 0 Å². The van der Waals surface area contributed by atoms with Gasteiger partial charge in [-0.3, -0.25) is 19.2 Å². The van der Waals surface area contributed by atoms with Crippen molar-refractivity contribution in [3.05, 3.63) is 54.1 Å². The number of para-hydroxylation sites is 1. The zero-order valence-corrected chi connectivity index (χ0v) is 18.6. The van der Waals surface area contributed by atoms with Gasteiger partial charge >= 0.3 is 5.97 Å². The quantitative estimate of drug-likeness (QED) is 0.605. The molecule has 0 radical (unpaired) electrons. The van der Waals surface area contributed by atoms with Crippen LogP contribution in [0.2, 0.25) is 0 Å². The van der Waals surface area contributed by atoms with E-state index in [0.29, 0.717) is 6.54 Å². The van der Waals surface area contributed by atoms with E-state index in [4.69, 9.17) is 5.11 Å². The fourth-order valence-corrected chi connectivity index (χ4v) is 4.06. The summed E-state index contributed by atoms with van der Waals surface area (Å²) < 4.78 is 12.9. The number of amides is 2. The molecular formula is C25H27FN2O5. The van der Waals surface area contributed by atoms with Crippen LogP contribution in [-0.2, 0) is 25.7 Å². The van der Waals surface area contributed by atoms with Crippen molar-refractivity contribution in [2.24, 2.45) is 11.8 Å². The summed E-state index contributed by atoms with van der Waals surface area (Å²) in [5, 5.41) is 11.3. The van der Waals surface area contributed by atoms with Gasteiger partial charge in [0.2, 0.25) is 11.8 Å². The van der Waals surface area contributed by atoms with Gasteiger partial charge in [-0.2, -0.15) is 0 Å². The van der Waals surface area contributed by atoms with Gasteiger partial charge in [0.1, 0.15) is 12.7 Å². The number of carboxylic acids is 1. The van der Waals surface area contributed by atoms with E-state index in [1.54, 1.807) is 18.7 Å². The lowest BCUT2D eigenvalue weighted by Crippen LogP contribution is -2.47. The Hall–Kier alpha value is -3.55. The van der Waals surface area contributed by atoms with Gasteiger partial charge in [-0.05, 0) is 23.1 Å². The predicted molar refractivity (Wildman–Crippen MR) is 121 cm³/mol. The van der Waals surface area contributed by atoms with E-state index in [0.717, 1.165) is 22.4 Å².